The number of hydrogen-bond donors (Lipinski definition) is 2. The molecule has 0 atom stereocenters. The van der Waals surface area contributed by atoms with Crippen molar-refractivity contribution in [2.24, 2.45) is 0 Å². The number of carbonyl (C=O) groups excluding carboxylic acids is 2. The minimum absolute atomic E-state index is 0.0557. The molecule has 0 radical (unpaired) electrons. The van der Waals surface area contributed by atoms with Gasteiger partial charge in [-0.15, -0.1) is 11.3 Å². The molecule has 5 rings (SSSR count). The number of nitrogens with zero attached hydrogens (tertiary/aromatic N) is 3. The van der Waals surface area contributed by atoms with Gasteiger partial charge in [0, 0.05) is 48.8 Å². The minimum atomic E-state index is -0.0997. The van der Waals surface area contributed by atoms with Crippen molar-refractivity contribution < 1.29 is 19.1 Å². The maximum absolute atomic E-state index is 12.9. The van der Waals surface area contributed by atoms with Crippen LogP contribution < -0.4 is 20.1 Å². The van der Waals surface area contributed by atoms with Gasteiger partial charge < -0.3 is 25.0 Å². The van der Waals surface area contributed by atoms with Gasteiger partial charge in [-0.1, -0.05) is 17.7 Å². The molecular formula is C24H24ClN5O4S. The first-order valence-electron chi connectivity index (χ1n) is 11.2. The van der Waals surface area contributed by atoms with Gasteiger partial charge in [-0.25, -0.2) is 4.98 Å². The normalized spacial score (nSPS) is 15.2. The average Bonchev–Trinajstić information content (AvgIpc) is 3.53. The van der Waals surface area contributed by atoms with E-state index in [1.807, 2.05) is 35.2 Å². The summed E-state index contributed by atoms with van der Waals surface area (Å²) in [6.07, 6.45) is 0. The standard InChI is InChI=1S/C24H24ClN5O4S/c25-17-2-4-18(5-3-17)27-24-28-19(14-35-24)23(32)30-9-7-29(8-10-30)13-22(31)26-12-16-1-6-20-21(11-16)34-15-33-20/h1-6,11,14H,7-10,12-13,15H2,(H,26,31)(H,27,28). The highest BCUT2D eigenvalue weighted by Gasteiger charge is 2.25. The summed E-state index contributed by atoms with van der Waals surface area (Å²) >= 11 is 7.30. The third-order valence-corrected chi connectivity index (χ3v) is 6.78. The molecule has 3 heterocycles. The average molecular weight is 514 g/mol. The van der Waals surface area contributed by atoms with Crippen LogP contribution in [0.3, 0.4) is 0 Å². The lowest BCUT2D eigenvalue weighted by Crippen LogP contribution is -2.51. The fourth-order valence-electron chi connectivity index (χ4n) is 3.87. The van der Waals surface area contributed by atoms with Crippen LogP contribution in [-0.4, -0.2) is 66.1 Å². The van der Waals surface area contributed by atoms with E-state index in [9.17, 15) is 9.59 Å². The molecule has 35 heavy (non-hydrogen) atoms. The number of benzene rings is 2. The molecule has 9 nitrogen and oxygen atoms in total. The van der Waals surface area contributed by atoms with Crippen molar-refractivity contribution in [2.75, 3.05) is 44.8 Å². The number of anilines is 2. The molecular weight excluding hydrogens is 490 g/mol. The van der Waals surface area contributed by atoms with Gasteiger partial charge in [0.05, 0.1) is 6.54 Å². The molecule has 2 amide bonds. The van der Waals surface area contributed by atoms with E-state index in [4.69, 9.17) is 21.1 Å². The number of carbonyl (C=O) groups is 2. The van der Waals surface area contributed by atoms with Gasteiger partial charge in [-0.3, -0.25) is 14.5 Å². The van der Waals surface area contributed by atoms with Crippen LogP contribution in [0, 0.1) is 0 Å². The summed E-state index contributed by atoms with van der Waals surface area (Å²) in [6, 6.07) is 12.9. The zero-order valence-electron chi connectivity index (χ0n) is 18.8. The van der Waals surface area contributed by atoms with Crippen molar-refractivity contribution in [3.63, 3.8) is 0 Å². The summed E-state index contributed by atoms with van der Waals surface area (Å²) in [4.78, 5) is 33.6. The summed E-state index contributed by atoms with van der Waals surface area (Å²) in [5, 5.41) is 9.19. The molecule has 0 aliphatic carbocycles. The predicted molar refractivity (Wildman–Crippen MR) is 134 cm³/mol. The Bertz CT molecular complexity index is 1210. The molecule has 2 N–H and O–H groups in total. The Labute approximate surface area is 211 Å². The van der Waals surface area contributed by atoms with Crippen molar-refractivity contribution in [2.45, 2.75) is 6.54 Å². The smallest absolute Gasteiger partial charge is 0.273 e. The predicted octanol–water partition coefficient (Wildman–Crippen LogP) is 3.34. The molecule has 0 spiro atoms. The van der Waals surface area contributed by atoms with E-state index in [-0.39, 0.29) is 18.6 Å². The van der Waals surface area contributed by atoms with E-state index >= 15 is 0 Å². The Morgan fingerprint density at radius 3 is 2.60 bits per heavy atom. The second-order valence-electron chi connectivity index (χ2n) is 8.20. The number of halogens is 1. The van der Waals surface area contributed by atoms with E-state index in [1.165, 1.54) is 11.3 Å². The Morgan fingerprint density at radius 1 is 1.03 bits per heavy atom. The fraction of sp³-hybridized carbons (Fsp3) is 0.292. The molecule has 182 valence electrons. The highest BCUT2D eigenvalue weighted by atomic mass is 35.5. The lowest BCUT2D eigenvalue weighted by Gasteiger charge is -2.33. The van der Waals surface area contributed by atoms with E-state index in [0.29, 0.717) is 60.9 Å². The number of amides is 2. The lowest BCUT2D eigenvalue weighted by atomic mass is 10.2. The molecule has 0 unspecified atom stereocenters. The van der Waals surface area contributed by atoms with Crippen LogP contribution in [-0.2, 0) is 11.3 Å². The van der Waals surface area contributed by atoms with Gasteiger partial charge in [0.25, 0.3) is 5.91 Å². The van der Waals surface area contributed by atoms with Crippen molar-refractivity contribution in [1.29, 1.82) is 0 Å². The van der Waals surface area contributed by atoms with Gasteiger partial charge >= 0.3 is 0 Å². The molecule has 0 bridgehead atoms. The quantitative estimate of drug-likeness (QED) is 0.500. The van der Waals surface area contributed by atoms with Crippen LogP contribution in [0.25, 0.3) is 0 Å². The molecule has 3 aromatic rings. The molecule has 1 fully saturated rings. The summed E-state index contributed by atoms with van der Waals surface area (Å²) in [5.41, 5.74) is 2.22. The minimum Gasteiger partial charge on any atom is -0.454 e. The molecule has 2 aliphatic rings. The van der Waals surface area contributed by atoms with Gasteiger partial charge in [0.1, 0.15) is 5.69 Å². The van der Waals surface area contributed by atoms with Crippen LogP contribution in [0.5, 0.6) is 11.5 Å². The molecule has 11 heteroatoms. The summed E-state index contributed by atoms with van der Waals surface area (Å²) in [6.45, 7) is 3.29. The number of rotatable bonds is 7. The van der Waals surface area contributed by atoms with Crippen molar-refractivity contribution in [1.82, 2.24) is 20.1 Å². The molecule has 1 aromatic heterocycles. The SMILES string of the molecule is O=C(CN1CCN(C(=O)c2csc(Nc3ccc(Cl)cc3)n2)CC1)NCc1ccc2c(c1)OCO2. The number of hydrogen-bond acceptors (Lipinski definition) is 8. The van der Waals surface area contributed by atoms with Crippen molar-refractivity contribution >= 4 is 45.6 Å². The van der Waals surface area contributed by atoms with Crippen LogP contribution in [0.1, 0.15) is 16.1 Å². The third kappa shape index (κ3) is 5.84. The summed E-state index contributed by atoms with van der Waals surface area (Å²) < 4.78 is 10.7. The second kappa shape index (κ2) is 10.5. The zero-order valence-corrected chi connectivity index (χ0v) is 20.4. The first-order valence-corrected chi connectivity index (χ1v) is 12.4. The number of nitrogens with one attached hydrogen (secondary N) is 2. The Morgan fingerprint density at radius 2 is 1.80 bits per heavy atom. The summed E-state index contributed by atoms with van der Waals surface area (Å²) in [5.74, 6) is 1.27. The van der Waals surface area contributed by atoms with E-state index in [1.54, 1.807) is 22.4 Å². The monoisotopic (exact) mass is 513 g/mol. The molecule has 1 saturated heterocycles. The van der Waals surface area contributed by atoms with Crippen molar-refractivity contribution in [3.05, 3.63) is 64.1 Å². The number of aromatic nitrogens is 1. The highest BCUT2D eigenvalue weighted by molar-refractivity contribution is 7.14. The first-order chi connectivity index (χ1) is 17.0. The molecule has 2 aliphatic heterocycles. The topological polar surface area (TPSA) is 96.0 Å². The van der Waals surface area contributed by atoms with Crippen LogP contribution in [0.4, 0.5) is 10.8 Å². The van der Waals surface area contributed by atoms with Crippen molar-refractivity contribution in [3.8, 4) is 11.5 Å². The highest BCUT2D eigenvalue weighted by Crippen LogP contribution is 2.32. The number of ether oxygens (including phenoxy) is 2. The Balaban J connectivity index is 1.06. The number of thiazole rings is 1. The maximum atomic E-state index is 12.9. The third-order valence-electron chi connectivity index (χ3n) is 5.77. The van der Waals surface area contributed by atoms with Gasteiger partial charge in [-0.2, -0.15) is 0 Å². The van der Waals surface area contributed by atoms with E-state index < -0.39 is 0 Å². The second-order valence-corrected chi connectivity index (χ2v) is 9.50. The molecule has 2 aromatic carbocycles. The zero-order chi connectivity index (χ0) is 24.2. The van der Waals surface area contributed by atoms with Crippen LogP contribution >= 0.6 is 22.9 Å². The van der Waals surface area contributed by atoms with Gasteiger partial charge in [0.15, 0.2) is 16.6 Å². The van der Waals surface area contributed by atoms with E-state index in [2.05, 4.69) is 15.6 Å². The Hall–Kier alpha value is -3.34. The molecule has 0 saturated carbocycles. The first kappa shape index (κ1) is 23.4. The fourth-order valence-corrected chi connectivity index (χ4v) is 4.70. The largest absolute Gasteiger partial charge is 0.454 e. The Kier molecular flexibility index (Phi) is 7.03. The maximum Gasteiger partial charge on any atom is 0.273 e. The van der Waals surface area contributed by atoms with Crippen LogP contribution in [0.15, 0.2) is 47.8 Å². The number of piperazine rings is 1. The number of fused-ring (bicyclic) bond motifs is 1. The van der Waals surface area contributed by atoms with Gasteiger partial charge in [-0.05, 0) is 42.0 Å². The van der Waals surface area contributed by atoms with Gasteiger partial charge in [0.2, 0.25) is 12.7 Å². The lowest BCUT2D eigenvalue weighted by molar-refractivity contribution is -0.122. The van der Waals surface area contributed by atoms with E-state index in [0.717, 1.165) is 17.0 Å². The van der Waals surface area contributed by atoms with Crippen LogP contribution in [0.2, 0.25) is 5.02 Å². The summed E-state index contributed by atoms with van der Waals surface area (Å²) in [7, 11) is 0.